The van der Waals surface area contributed by atoms with Crippen molar-refractivity contribution in [3.63, 3.8) is 0 Å². The molecule has 0 aliphatic heterocycles. The third-order valence-electron chi connectivity index (χ3n) is 1.75. The third-order valence-corrected chi connectivity index (χ3v) is 2.39. The van der Waals surface area contributed by atoms with Gasteiger partial charge in [0.2, 0.25) is 6.33 Å². The lowest BCUT2D eigenvalue weighted by Crippen LogP contribution is -2.29. The number of nitrogens with zero attached hydrogens (tertiary/aromatic N) is 2. The average molecular weight is 270 g/mol. The first-order valence-electron chi connectivity index (χ1n) is 5.24. The van der Waals surface area contributed by atoms with Gasteiger partial charge in [0.05, 0.1) is 15.9 Å². The molecule has 0 unspecified atom stereocenters. The Balaban J connectivity index is 0.000000360. The summed E-state index contributed by atoms with van der Waals surface area (Å²) in [5, 5.41) is 0. The van der Waals surface area contributed by atoms with Gasteiger partial charge in [0.25, 0.3) is 0 Å². The molecule has 0 saturated heterocycles. The first-order valence-corrected chi connectivity index (χ1v) is 6.81. The zero-order valence-electron chi connectivity index (χ0n) is 10.2. The van der Waals surface area contributed by atoms with Crippen LogP contribution in [0.15, 0.2) is 56.7 Å². The molecule has 1 aromatic rings. The first kappa shape index (κ1) is 16.3. The maximum absolute atomic E-state index is 9.60. The van der Waals surface area contributed by atoms with Crippen LogP contribution in [0, 0.1) is 0 Å². The Morgan fingerprint density at radius 3 is 2.28 bits per heavy atom. The Labute approximate surface area is 108 Å². The van der Waals surface area contributed by atoms with E-state index in [-0.39, 0.29) is 0 Å². The van der Waals surface area contributed by atoms with E-state index in [1.165, 1.54) is 0 Å². The number of hydrogen-bond donors (Lipinski definition) is 0. The minimum atomic E-state index is -4.04. The van der Waals surface area contributed by atoms with Gasteiger partial charge in [-0.15, -0.1) is 6.58 Å². The fourth-order valence-electron chi connectivity index (χ4n) is 1.10. The van der Waals surface area contributed by atoms with Crippen LogP contribution in [-0.4, -0.2) is 23.3 Å². The van der Waals surface area contributed by atoms with Crippen LogP contribution in [0.3, 0.4) is 0 Å². The van der Waals surface area contributed by atoms with E-state index in [4.69, 9.17) is 0 Å². The van der Waals surface area contributed by atoms with E-state index >= 15 is 0 Å². The minimum Gasteiger partial charge on any atom is -0.748 e. The predicted molar refractivity (Wildman–Crippen MR) is 69.8 cm³/mol. The molecule has 100 valence electrons. The van der Waals surface area contributed by atoms with Crippen LogP contribution in [-0.2, 0) is 23.2 Å². The number of aromatic nitrogens is 2. The number of allylic oxidation sites excluding steroid dienone is 2. The maximum atomic E-state index is 9.60. The molecule has 18 heavy (non-hydrogen) atoms. The highest BCUT2D eigenvalue weighted by Crippen LogP contribution is 1.84. The van der Waals surface area contributed by atoms with Gasteiger partial charge in [-0.3, -0.25) is 0 Å². The predicted octanol–water partition coefficient (Wildman–Crippen LogP) is 0.865. The minimum absolute atomic E-state index is 0.479. The molecule has 0 aliphatic rings. The van der Waals surface area contributed by atoms with Crippen LogP contribution in [0.4, 0.5) is 0 Å². The molecule has 0 bridgehead atoms. The summed E-state index contributed by atoms with van der Waals surface area (Å²) in [6.45, 7) is 12.1. The molecule has 6 heteroatoms. The van der Waals surface area contributed by atoms with E-state index in [2.05, 4.69) is 28.9 Å². The molecule has 0 N–H and O–H groups in total. The van der Waals surface area contributed by atoms with Crippen LogP contribution < -0.4 is 4.57 Å². The number of hydrogen-bond acceptors (Lipinski definition) is 3. The van der Waals surface area contributed by atoms with E-state index in [1.54, 1.807) is 0 Å². The summed E-state index contributed by atoms with van der Waals surface area (Å²) in [5.74, 6) is -0.479. The van der Waals surface area contributed by atoms with Crippen molar-refractivity contribution in [2.75, 3.05) is 5.75 Å². The number of rotatable bonds is 6. The quantitative estimate of drug-likeness (QED) is 0.437. The van der Waals surface area contributed by atoms with Crippen LogP contribution in [0.1, 0.15) is 0 Å². The fraction of sp³-hybridized carbons (Fsp3) is 0.250. The molecule has 0 aliphatic carbocycles. The van der Waals surface area contributed by atoms with Crippen molar-refractivity contribution >= 4 is 10.1 Å². The van der Waals surface area contributed by atoms with E-state index < -0.39 is 15.9 Å². The second kappa shape index (κ2) is 8.43. The van der Waals surface area contributed by atoms with Gasteiger partial charge in [0, 0.05) is 0 Å². The second-order valence-electron chi connectivity index (χ2n) is 3.40. The normalized spacial score (nSPS) is 10.1. The van der Waals surface area contributed by atoms with Crippen LogP contribution in [0.25, 0.3) is 0 Å². The molecule has 5 nitrogen and oxygen atoms in total. The van der Waals surface area contributed by atoms with Crippen molar-refractivity contribution in [3.8, 4) is 0 Å². The van der Waals surface area contributed by atoms with Gasteiger partial charge in [0.1, 0.15) is 25.5 Å². The summed E-state index contributed by atoms with van der Waals surface area (Å²) in [4.78, 5) is 0. The van der Waals surface area contributed by atoms with Crippen molar-refractivity contribution < 1.29 is 17.5 Å². The Morgan fingerprint density at radius 2 is 1.89 bits per heavy atom. The lowest BCUT2D eigenvalue weighted by atomic mass is 10.6. The van der Waals surface area contributed by atoms with Crippen molar-refractivity contribution in [1.29, 1.82) is 0 Å². The Kier molecular flexibility index (Phi) is 7.66. The molecule has 0 amide bonds. The van der Waals surface area contributed by atoms with E-state index in [9.17, 15) is 13.0 Å². The van der Waals surface area contributed by atoms with E-state index in [0.717, 1.165) is 19.2 Å². The monoisotopic (exact) mass is 270 g/mol. The molecule has 0 aromatic carbocycles. The van der Waals surface area contributed by atoms with Gasteiger partial charge < -0.3 is 4.55 Å². The summed E-state index contributed by atoms with van der Waals surface area (Å²) < 4.78 is 32.9. The van der Waals surface area contributed by atoms with Crippen LogP contribution in [0.5, 0.6) is 0 Å². The maximum Gasteiger partial charge on any atom is 0.244 e. The third kappa shape index (κ3) is 8.49. The molecule has 1 heterocycles. The van der Waals surface area contributed by atoms with Crippen molar-refractivity contribution in [2.45, 2.75) is 13.1 Å². The van der Waals surface area contributed by atoms with Crippen molar-refractivity contribution in [1.82, 2.24) is 4.57 Å². The summed E-state index contributed by atoms with van der Waals surface area (Å²) in [7, 11) is -4.04. The van der Waals surface area contributed by atoms with Crippen LogP contribution in [0.2, 0.25) is 0 Å². The summed E-state index contributed by atoms with van der Waals surface area (Å²) in [5.41, 5.74) is 0. The van der Waals surface area contributed by atoms with E-state index in [1.807, 2.05) is 30.9 Å². The molecule has 0 radical (unpaired) electrons. The smallest absolute Gasteiger partial charge is 0.244 e. The lowest BCUT2D eigenvalue weighted by molar-refractivity contribution is -0.686. The Bertz CT molecular complexity index is 465. The highest BCUT2D eigenvalue weighted by molar-refractivity contribution is 7.85. The van der Waals surface area contributed by atoms with Gasteiger partial charge in [-0.05, 0) is 0 Å². The van der Waals surface area contributed by atoms with Gasteiger partial charge in [0.15, 0.2) is 0 Å². The lowest BCUT2D eigenvalue weighted by Gasteiger charge is -1.98. The molecular formula is C12H18N2O3S. The molecule has 0 spiro atoms. The molecule has 1 rings (SSSR count). The largest absolute Gasteiger partial charge is 0.748 e. The molecule has 1 aromatic heterocycles. The topological polar surface area (TPSA) is 66.0 Å². The summed E-state index contributed by atoms with van der Waals surface area (Å²) in [6.07, 6.45) is 10.9. The Hall–Kier alpha value is -1.66. The van der Waals surface area contributed by atoms with Gasteiger partial charge in [-0.1, -0.05) is 31.4 Å². The van der Waals surface area contributed by atoms with Gasteiger partial charge in [-0.2, -0.15) is 0 Å². The standard InChI is InChI=1S/C9H13N2.C3H6O3S/c1-3-5-10-7-8-11(9-10)6-4-2;1-2-3-7(4,5)6/h3-4,7-9H,1-2,5-6H2;2H,1,3H2,(H,4,5,6)/q+1;/p-1. The molecule has 0 atom stereocenters. The van der Waals surface area contributed by atoms with Crippen molar-refractivity contribution in [3.05, 3.63) is 56.7 Å². The summed E-state index contributed by atoms with van der Waals surface area (Å²) >= 11 is 0. The first-order chi connectivity index (χ1) is 8.42. The number of imidazole rings is 1. The zero-order chi connectivity index (χ0) is 14.0. The molecule has 0 fully saturated rings. The van der Waals surface area contributed by atoms with E-state index in [0.29, 0.717) is 0 Å². The highest BCUT2D eigenvalue weighted by Gasteiger charge is 1.97. The highest BCUT2D eigenvalue weighted by atomic mass is 32.2. The summed E-state index contributed by atoms with van der Waals surface area (Å²) in [6, 6.07) is 0. The fourth-order valence-corrected chi connectivity index (χ4v) is 1.39. The SMILES string of the molecule is C=CCS(=O)(=O)[O-].C=CCn1cc[n+](CC=C)c1. The Morgan fingerprint density at radius 1 is 1.22 bits per heavy atom. The molecule has 0 saturated carbocycles. The second-order valence-corrected chi connectivity index (χ2v) is 4.85. The molecular weight excluding hydrogens is 252 g/mol. The van der Waals surface area contributed by atoms with Crippen molar-refractivity contribution in [2.24, 2.45) is 0 Å². The average Bonchev–Trinajstić information content (AvgIpc) is 2.66. The van der Waals surface area contributed by atoms with Gasteiger partial charge in [-0.25, -0.2) is 17.6 Å². The van der Waals surface area contributed by atoms with Crippen LogP contribution >= 0.6 is 0 Å². The van der Waals surface area contributed by atoms with Gasteiger partial charge >= 0.3 is 0 Å². The zero-order valence-corrected chi connectivity index (χ0v) is 11.1.